The van der Waals surface area contributed by atoms with Gasteiger partial charge in [-0.25, -0.2) is 0 Å². The number of hydrogen-bond donors (Lipinski definition) is 1. The fourth-order valence-corrected chi connectivity index (χ4v) is 1.47. The molecular formula is C10H23NS. The van der Waals surface area contributed by atoms with Gasteiger partial charge in [-0.05, 0) is 39.2 Å². The van der Waals surface area contributed by atoms with Crippen molar-refractivity contribution in [1.82, 2.24) is 4.90 Å². The smallest absolute Gasteiger partial charge is 0.00248 e. The number of hydrogen-bond acceptors (Lipinski definition) is 2. The number of thiol groups is 1. The molecule has 0 aliphatic rings. The molecule has 0 heterocycles. The molecule has 1 nitrogen and oxygen atoms in total. The summed E-state index contributed by atoms with van der Waals surface area (Å²) in [6.07, 6.45) is 8.20. The minimum atomic E-state index is 1.05. The van der Waals surface area contributed by atoms with E-state index in [9.17, 15) is 0 Å². The van der Waals surface area contributed by atoms with Crippen LogP contribution in [-0.4, -0.2) is 31.3 Å². The highest BCUT2D eigenvalue weighted by Gasteiger charge is 1.91. The summed E-state index contributed by atoms with van der Waals surface area (Å²) in [6.45, 7) is 1.24. The van der Waals surface area contributed by atoms with Gasteiger partial charge in [0, 0.05) is 0 Å². The van der Waals surface area contributed by atoms with E-state index in [1.54, 1.807) is 0 Å². The maximum atomic E-state index is 4.18. The van der Waals surface area contributed by atoms with Crippen molar-refractivity contribution in [3.8, 4) is 0 Å². The van der Waals surface area contributed by atoms with Crippen LogP contribution in [0.5, 0.6) is 0 Å². The van der Waals surface area contributed by atoms with Gasteiger partial charge < -0.3 is 4.90 Å². The van der Waals surface area contributed by atoms with E-state index in [0.717, 1.165) is 5.75 Å². The van der Waals surface area contributed by atoms with Crippen LogP contribution >= 0.6 is 12.6 Å². The third-order valence-electron chi connectivity index (χ3n) is 2.01. The molecule has 0 bridgehead atoms. The SMILES string of the molecule is CN(C)CCCCCCCCS. The molecule has 2 heteroatoms. The minimum Gasteiger partial charge on any atom is -0.309 e. The second kappa shape index (κ2) is 9.40. The van der Waals surface area contributed by atoms with Gasteiger partial charge >= 0.3 is 0 Å². The van der Waals surface area contributed by atoms with Crippen LogP contribution in [0.25, 0.3) is 0 Å². The van der Waals surface area contributed by atoms with Gasteiger partial charge in [0.2, 0.25) is 0 Å². The van der Waals surface area contributed by atoms with Crippen molar-refractivity contribution >= 4 is 12.6 Å². The van der Waals surface area contributed by atoms with Gasteiger partial charge in [0.25, 0.3) is 0 Å². The van der Waals surface area contributed by atoms with Gasteiger partial charge in [0.1, 0.15) is 0 Å². The Labute approximate surface area is 82.9 Å². The molecule has 0 rings (SSSR count). The summed E-state index contributed by atoms with van der Waals surface area (Å²) < 4.78 is 0. The Kier molecular flexibility index (Phi) is 9.64. The van der Waals surface area contributed by atoms with E-state index < -0.39 is 0 Å². The molecule has 0 radical (unpaired) electrons. The Morgan fingerprint density at radius 2 is 1.33 bits per heavy atom. The van der Waals surface area contributed by atoms with Crippen LogP contribution in [0.2, 0.25) is 0 Å². The summed E-state index contributed by atoms with van der Waals surface area (Å²) in [5.74, 6) is 1.05. The standard InChI is InChI=1S/C10H23NS/c1-11(2)9-7-5-3-4-6-8-10-12/h12H,3-10H2,1-2H3. The Hall–Kier alpha value is 0.310. The van der Waals surface area contributed by atoms with Gasteiger partial charge in [0.15, 0.2) is 0 Å². The Bertz CT molecular complexity index is 83.9. The lowest BCUT2D eigenvalue weighted by Crippen LogP contribution is -2.12. The van der Waals surface area contributed by atoms with Crippen molar-refractivity contribution in [1.29, 1.82) is 0 Å². The number of nitrogens with zero attached hydrogens (tertiary/aromatic N) is 1. The molecule has 0 atom stereocenters. The molecule has 0 spiro atoms. The van der Waals surface area contributed by atoms with Crippen LogP contribution in [0, 0.1) is 0 Å². The van der Waals surface area contributed by atoms with Gasteiger partial charge in [0.05, 0.1) is 0 Å². The lowest BCUT2D eigenvalue weighted by molar-refractivity contribution is 0.389. The summed E-state index contributed by atoms with van der Waals surface area (Å²) in [5.41, 5.74) is 0. The molecule has 0 aliphatic carbocycles. The first kappa shape index (κ1) is 12.3. The molecule has 0 amide bonds. The third kappa shape index (κ3) is 10.3. The molecule has 0 aromatic heterocycles. The zero-order valence-electron chi connectivity index (χ0n) is 8.55. The first-order valence-corrected chi connectivity index (χ1v) is 5.66. The normalized spacial score (nSPS) is 11.0. The summed E-state index contributed by atoms with van der Waals surface area (Å²) in [6, 6.07) is 0. The second-order valence-electron chi connectivity index (χ2n) is 3.65. The van der Waals surface area contributed by atoms with E-state index in [0.29, 0.717) is 0 Å². The molecule has 12 heavy (non-hydrogen) atoms. The molecule has 0 aromatic rings. The van der Waals surface area contributed by atoms with E-state index >= 15 is 0 Å². The third-order valence-corrected chi connectivity index (χ3v) is 2.33. The zero-order chi connectivity index (χ0) is 9.23. The van der Waals surface area contributed by atoms with Gasteiger partial charge in [-0.2, -0.15) is 12.6 Å². The van der Waals surface area contributed by atoms with Crippen LogP contribution in [0.1, 0.15) is 38.5 Å². The largest absolute Gasteiger partial charge is 0.309 e. The van der Waals surface area contributed by atoms with Crippen LogP contribution < -0.4 is 0 Å². The second-order valence-corrected chi connectivity index (χ2v) is 4.10. The van der Waals surface area contributed by atoms with Crippen molar-refractivity contribution in [2.24, 2.45) is 0 Å². The Morgan fingerprint density at radius 3 is 1.83 bits per heavy atom. The summed E-state index contributed by atoms with van der Waals surface area (Å²) in [4.78, 5) is 2.26. The monoisotopic (exact) mass is 189 g/mol. The molecule has 74 valence electrons. The lowest BCUT2D eigenvalue weighted by atomic mass is 10.1. The summed E-state index contributed by atoms with van der Waals surface area (Å²) in [7, 11) is 4.28. The first-order chi connectivity index (χ1) is 5.77. The molecule has 0 aliphatic heterocycles. The summed E-state index contributed by atoms with van der Waals surface area (Å²) in [5, 5.41) is 0. The van der Waals surface area contributed by atoms with Crippen LogP contribution in [-0.2, 0) is 0 Å². The molecule has 0 N–H and O–H groups in total. The van der Waals surface area contributed by atoms with E-state index in [1.807, 2.05) is 0 Å². The van der Waals surface area contributed by atoms with Gasteiger partial charge in [-0.1, -0.05) is 25.7 Å². The van der Waals surface area contributed by atoms with Crippen molar-refractivity contribution in [2.45, 2.75) is 38.5 Å². The van der Waals surface area contributed by atoms with Crippen LogP contribution in [0.15, 0.2) is 0 Å². The van der Waals surface area contributed by atoms with E-state index in [2.05, 4.69) is 31.6 Å². The summed E-state index contributed by atoms with van der Waals surface area (Å²) >= 11 is 4.18. The highest BCUT2D eigenvalue weighted by atomic mass is 32.1. The van der Waals surface area contributed by atoms with Gasteiger partial charge in [-0.3, -0.25) is 0 Å². The molecule has 0 unspecified atom stereocenters. The number of unbranched alkanes of at least 4 members (excludes halogenated alkanes) is 5. The number of rotatable bonds is 8. The first-order valence-electron chi connectivity index (χ1n) is 5.03. The molecule has 0 saturated carbocycles. The van der Waals surface area contributed by atoms with E-state index in [-0.39, 0.29) is 0 Å². The average Bonchev–Trinajstić information content (AvgIpc) is 2.02. The zero-order valence-corrected chi connectivity index (χ0v) is 9.45. The van der Waals surface area contributed by atoms with Crippen molar-refractivity contribution < 1.29 is 0 Å². The Morgan fingerprint density at radius 1 is 0.833 bits per heavy atom. The Balaban J connectivity index is 2.82. The fraction of sp³-hybridized carbons (Fsp3) is 1.00. The lowest BCUT2D eigenvalue weighted by Gasteiger charge is -2.08. The van der Waals surface area contributed by atoms with Gasteiger partial charge in [-0.15, -0.1) is 0 Å². The highest BCUT2D eigenvalue weighted by molar-refractivity contribution is 7.80. The molecule has 0 saturated heterocycles. The van der Waals surface area contributed by atoms with Crippen LogP contribution in [0.4, 0.5) is 0 Å². The van der Waals surface area contributed by atoms with E-state index in [4.69, 9.17) is 0 Å². The maximum absolute atomic E-state index is 4.18. The topological polar surface area (TPSA) is 3.24 Å². The quantitative estimate of drug-likeness (QED) is 0.454. The predicted molar refractivity (Wildman–Crippen MR) is 60.1 cm³/mol. The minimum absolute atomic E-state index is 1.05. The van der Waals surface area contributed by atoms with Crippen molar-refractivity contribution in [3.05, 3.63) is 0 Å². The fourth-order valence-electron chi connectivity index (χ4n) is 1.25. The van der Waals surface area contributed by atoms with Crippen molar-refractivity contribution in [2.75, 3.05) is 26.4 Å². The van der Waals surface area contributed by atoms with Crippen LogP contribution in [0.3, 0.4) is 0 Å². The average molecular weight is 189 g/mol. The predicted octanol–water partition coefficient (Wildman–Crippen LogP) is 2.82. The van der Waals surface area contributed by atoms with E-state index in [1.165, 1.54) is 45.1 Å². The van der Waals surface area contributed by atoms with Crippen molar-refractivity contribution in [3.63, 3.8) is 0 Å². The molecule has 0 fully saturated rings. The molecular weight excluding hydrogens is 166 g/mol. The molecule has 0 aromatic carbocycles. The maximum Gasteiger partial charge on any atom is -0.00248 e. The highest BCUT2D eigenvalue weighted by Crippen LogP contribution is 2.05.